The number of nitrogens with two attached hydrogens (primary N) is 1. The first kappa shape index (κ1) is 13.6. The lowest BCUT2D eigenvalue weighted by molar-refractivity contribution is 0.0593. The molecule has 4 heteroatoms. The highest BCUT2D eigenvalue weighted by Gasteiger charge is 2.25. The fraction of sp³-hybridized carbons (Fsp3) is 0.500. The molecule has 0 radical (unpaired) electrons. The molecule has 1 aromatic carbocycles. The highest BCUT2D eigenvalue weighted by molar-refractivity contribution is 5.77. The first-order chi connectivity index (χ1) is 9.78. The second kappa shape index (κ2) is 5.95. The maximum atomic E-state index is 6.01. The zero-order valence-corrected chi connectivity index (χ0v) is 11.9. The van der Waals surface area contributed by atoms with E-state index in [9.17, 15) is 0 Å². The third-order valence-corrected chi connectivity index (χ3v) is 3.92. The fourth-order valence-electron chi connectivity index (χ4n) is 2.92. The van der Waals surface area contributed by atoms with E-state index in [2.05, 4.69) is 24.0 Å². The molecule has 1 fully saturated rings. The predicted molar refractivity (Wildman–Crippen MR) is 79.6 cm³/mol. The van der Waals surface area contributed by atoms with Crippen molar-refractivity contribution < 1.29 is 9.15 Å². The van der Waals surface area contributed by atoms with Gasteiger partial charge in [-0.25, -0.2) is 0 Å². The van der Waals surface area contributed by atoms with E-state index < -0.39 is 0 Å². The van der Waals surface area contributed by atoms with Gasteiger partial charge in [-0.3, -0.25) is 4.90 Å². The largest absolute Gasteiger partial charge is 0.459 e. The van der Waals surface area contributed by atoms with E-state index in [1.807, 2.05) is 18.2 Å². The van der Waals surface area contributed by atoms with Crippen molar-refractivity contribution in [1.29, 1.82) is 0 Å². The van der Waals surface area contributed by atoms with Gasteiger partial charge in [0.05, 0.1) is 12.1 Å². The fourth-order valence-corrected chi connectivity index (χ4v) is 2.92. The molecular weight excluding hydrogens is 252 g/mol. The molecule has 3 rings (SSSR count). The molecule has 4 nitrogen and oxygen atoms in total. The highest BCUT2D eigenvalue weighted by Crippen LogP contribution is 2.28. The normalized spacial score (nSPS) is 22.8. The van der Waals surface area contributed by atoms with Crippen LogP contribution >= 0.6 is 0 Å². The van der Waals surface area contributed by atoms with Gasteiger partial charge in [-0.05, 0) is 25.5 Å². The first-order valence-electron chi connectivity index (χ1n) is 7.32. The topological polar surface area (TPSA) is 51.6 Å². The quantitative estimate of drug-likeness (QED) is 0.934. The van der Waals surface area contributed by atoms with Crippen LogP contribution in [0.5, 0.6) is 0 Å². The van der Waals surface area contributed by atoms with E-state index >= 15 is 0 Å². The molecular formula is C16H22N2O2. The van der Waals surface area contributed by atoms with E-state index in [0.717, 1.165) is 42.8 Å². The molecule has 0 spiro atoms. The smallest absolute Gasteiger partial charge is 0.134 e. The molecule has 1 aromatic heterocycles. The number of benzene rings is 1. The van der Waals surface area contributed by atoms with Crippen LogP contribution in [0.15, 0.2) is 34.7 Å². The van der Waals surface area contributed by atoms with Crippen molar-refractivity contribution in [3.05, 3.63) is 36.1 Å². The van der Waals surface area contributed by atoms with Crippen LogP contribution in [0.2, 0.25) is 0 Å². The maximum absolute atomic E-state index is 6.01. The standard InChI is InChI=1S/C16H22N2O2/c1-12-11-18(7-4-8-19-12)14(10-17)16-9-13-5-2-3-6-15(13)20-16/h2-3,5-6,9,12,14H,4,7-8,10-11,17H2,1H3. The SMILES string of the molecule is CC1CN(C(CN)c2cc3ccccc3o2)CCCO1. The van der Waals surface area contributed by atoms with Crippen LogP contribution in [0.1, 0.15) is 25.1 Å². The maximum Gasteiger partial charge on any atom is 0.134 e. The van der Waals surface area contributed by atoms with Crippen LogP contribution in [0.25, 0.3) is 11.0 Å². The second-order valence-corrected chi connectivity index (χ2v) is 5.47. The van der Waals surface area contributed by atoms with Gasteiger partial charge in [-0.15, -0.1) is 0 Å². The molecule has 0 bridgehead atoms. The third-order valence-electron chi connectivity index (χ3n) is 3.92. The molecule has 0 saturated carbocycles. The summed E-state index contributed by atoms with van der Waals surface area (Å²) in [5.74, 6) is 0.961. The van der Waals surface area contributed by atoms with Crippen LogP contribution in [-0.4, -0.2) is 37.2 Å². The molecule has 1 saturated heterocycles. The molecule has 0 amide bonds. The molecule has 2 N–H and O–H groups in total. The molecule has 1 aliphatic heterocycles. The molecule has 2 unspecified atom stereocenters. The van der Waals surface area contributed by atoms with Gasteiger partial charge in [0.2, 0.25) is 0 Å². The molecule has 108 valence electrons. The summed E-state index contributed by atoms with van der Waals surface area (Å²) in [6.45, 7) is 5.41. The number of nitrogens with zero attached hydrogens (tertiary/aromatic N) is 1. The second-order valence-electron chi connectivity index (χ2n) is 5.47. The zero-order valence-electron chi connectivity index (χ0n) is 11.9. The van der Waals surface area contributed by atoms with Gasteiger partial charge in [0.15, 0.2) is 0 Å². The Hall–Kier alpha value is -1.36. The average Bonchev–Trinajstić information content (AvgIpc) is 2.76. The van der Waals surface area contributed by atoms with Crippen LogP contribution in [0.4, 0.5) is 0 Å². The van der Waals surface area contributed by atoms with Crippen molar-refractivity contribution in [2.75, 3.05) is 26.2 Å². The first-order valence-corrected chi connectivity index (χ1v) is 7.32. The average molecular weight is 274 g/mol. The van der Waals surface area contributed by atoms with E-state index in [-0.39, 0.29) is 12.1 Å². The Bertz CT molecular complexity index is 533. The Morgan fingerprint density at radius 2 is 2.25 bits per heavy atom. The van der Waals surface area contributed by atoms with Gasteiger partial charge >= 0.3 is 0 Å². The minimum atomic E-state index is 0.131. The van der Waals surface area contributed by atoms with Gasteiger partial charge < -0.3 is 14.9 Å². The van der Waals surface area contributed by atoms with Crippen LogP contribution in [-0.2, 0) is 4.74 Å². The summed E-state index contributed by atoms with van der Waals surface area (Å²) in [6, 6.07) is 10.3. The molecule has 2 atom stereocenters. The van der Waals surface area contributed by atoms with Crippen LogP contribution in [0, 0.1) is 0 Å². The summed E-state index contributed by atoms with van der Waals surface area (Å²) in [5.41, 5.74) is 6.94. The molecule has 20 heavy (non-hydrogen) atoms. The Morgan fingerprint density at radius 1 is 1.40 bits per heavy atom. The number of para-hydroxylation sites is 1. The van der Waals surface area contributed by atoms with E-state index in [0.29, 0.717) is 6.54 Å². The Labute approximate surface area is 119 Å². The Morgan fingerprint density at radius 3 is 3.05 bits per heavy atom. The Kier molecular flexibility index (Phi) is 4.05. The third kappa shape index (κ3) is 2.73. The molecule has 2 aromatic rings. The summed E-state index contributed by atoms with van der Waals surface area (Å²) in [5, 5.41) is 1.14. The van der Waals surface area contributed by atoms with Crippen molar-refractivity contribution in [2.45, 2.75) is 25.5 Å². The molecule has 0 aliphatic carbocycles. The summed E-state index contributed by atoms with van der Waals surface area (Å²) >= 11 is 0. The number of rotatable bonds is 3. The van der Waals surface area contributed by atoms with Gasteiger partial charge in [0.1, 0.15) is 11.3 Å². The number of ether oxygens (including phenoxy) is 1. The van der Waals surface area contributed by atoms with Crippen molar-refractivity contribution in [3.8, 4) is 0 Å². The van der Waals surface area contributed by atoms with Crippen LogP contribution in [0.3, 0.4) is 0 Å². The van der Waals surface area contributed by atoms with Gasteiger partial charge in [0, 0.05) is 31.6 Å². The van der Waals surface area contributed by atoms with Gasteiger partial charge in [0.25, 0.3) is 0 Å². The summed E-state index contributed by atoms with van der Waals surface area (Å²) < 4.78 is 11.7. The minimum Gasteiger partial charge on any atom is -0.459 e. The van der Waals surface area contributed by atoms with E-state index in [4.69, 9.17) is 14.9 Å². The van der Waals surface area contributed by atoms with Gasteiger partial charge in [-0.1, -0.05) is 18.2 Å². The molecule has 2 heterocycles. The number of fused-ring (bicyclic) bond motifs is 1. The number of hydrogen-bond donors (Lipinski definition) is 1. The van der Waals surface area contributed by atoms with Crippen molar-refractivity contribution in [2.24, 2.45) is 5.73 Å². The lowest BCUT2D eigenvalue weighted by Crippen LogP contribution is -2.37. The predicted octanol–water partition coefficient (Wildman–Crippen LogP) is 2.54. The van der Waals surface area contributed by atoms with E-state index in [1.165, 1.54) is 0 Å². The van der Waals surface area contributed by atoms with Crippen molar-refractivity contribution in [3.63, 3.8) is 0 Å². The lowest BCUT2D eigenvalue weighted by atomic mass is 10.1. The number of furan rings is 1. The minimum absolute atomic E-state index is 0.131. The Balaban J connectivity index is 1.87. The summed E-state index contributed by atoms with van der Waals surface area (Å²) in [4.78, 5) is 2.38. The lowest BCUT2D eigenvalue weighted by Gasteiger charge is -2.29. The van der Waals surface area contributed by atoms with Gasteiger partial charge in [-0.2, -0.15) is 0 Å². The van der Waals surface area contributed by atoms with Crippen LogP contribution < -0.4 is 5.73 Å². The summed E-state index contributed by atoms with van der Waals surface area (Å²) in [7, 11) is 0. The van der Waals surface area contributed by atoms with Crippen molar-refractivity contribution in [1.82, 2.24) is 4.90 Å². The summed E-state index contributed by atoms with van der Waals surface area (Å²) in [6.07, 6.45) is 1.29. The van der Waals surface area contributed by atoms with E-state index in [1.54, 1.807) is 0 Å². The zero-order chi connectivity index (χ0) is 13.9. The number of hydrogen-bond acceptors (Lipinski definition) is 4. The highest BCUT2D eigenvalue weighted by atomic mass is 16.5. The monoisotopic (exact) mass is 274 g/mol. The molecule has 1 aliphatic rings. The van der Waals surface area contributed by atoms with Crippen molar-refractivity contribution >= 4 is 11.0 Å².